The van der Waals surface area contributed by atoms with Crippen molar-refractivity contribution in [1.82, 2.24) is 14.3 Å². The molecular weight excluding hydrogens is 496 g/mol. The first-order valence-electron chi connectivity index (χ1n) is 10.5. The Morgan fingerprint density at radius 3 is 2.85 bits per heavy atom. The average molecular weight is 517 g/mol. The molecule has 5 heterocycles. The third kappa shape index (κ3) is 4.28. The third-order valence-electron chi connectivity index (χ3n) is 5.69. The number of amides is 1. The van der Waals surface area contributed by atoms with Crippen LogP contribution in [-0.4, -0.2) is 50.5 Å². The molecule has 1 unspecified atom stereocenters. The molecule has 2 aliphatic heterocycles. The van der Waals surface area contributed by atoms with Crippen LogP contribution < -0.4 is 10.9 Å². The van der Waals surface area contributed by atoms with Crippen molar-refractivity contribution >= 4 is 61.6 Å². The fourth-order valence-electron chi connectivity index (χ4n) is 4.01. The van der Waals surface area contributed by atoms with Crippen LogP contribution in [0.15, 0.2) is 50.8 Å². The molecule has 1 amide bonds. The molecule has 34 heavy (non-hydrogen) atoms. The van der Waals surface area contributed by atoms with Gasteiger partial charge in [-0.2, -0.15) is 0 Å². The minimum Gasteiger partial charge on any atom is -0.467 e. The zero-order valence-electron chi connectivity index (χ0n) is 18.1. The lowest BCUT2D eigenvalue weighted by Gasteiger charge is -2.20. The molecule has 0 bridgehead atoms. The maximum atomic E-state index is 13.4. The summed E-state index contributed by atoms with van der Waals surface area (Å²) in [6.45, 7) is 2.17. The molecule has 2 fully saturated rings. The van der Waals surface area contributed by atoms with Gasteiger partial charge in [-0.1, -0.05) is 30.0 Å². The molecule has 3 aromatic rings. The lowest BCUT2D eigenvalue weighted by atomic mass is 10.2. The molecule has 176 valence electrons. The monoisotopic (exact) mass is 516 g/mol. The molecule has 0 saturated carbocycles. The SMILES string of the molecule is Cc1ccc2nc(NCc3ccco3)c(/C=C3/SC(=S)N(C4CCS(=O)(=O)C4)C3=O)c(=O)n2c1. The van der Waals surface area contributed by atoms with E-state index in [1.807, 2.05) is 13.0 Å². The fraction of sp³-hybridized carbons (Fsp3) is 0.273. The van der Waals surface area contributed by atoms with Crippen LogP contribution in [0.25, 0.3) is 11.7 Å². The number of furan rings is 1. The van der Waals surface area contributed by atoms with Crippen molar-refractivity contribution in [2.45, 2.75) is 25.9 Å². The number of thiocarbonyl (C=S) groups is 1. The number of pyridine rings is 1. The van der Waals surface area contributed by atoms with Gasteiger partial charge in [0.15, 0.2) is 9.84 Å². The molecule has 12 heteroatoms. The van der Waals surface area contributed by atoms with Crippen LogP contribution in [0.5, 0.6) is 0 Å². The van der Waals surface area contributed by atoms with Gasteiger partial charge in [0.25, 0.3) is 11.5 Å². The number of carbonyl (C=O) groups is 1. The second-order valence-electron chi connectivity index (χ2n) is 8.16. The van der Waals surface area contributed by atoms with Crippen molar-refractivity contribution in [2.24, 2.45) is 0 Å². The number of nitrogens with one attached hydrogen (secondary N) is 1. The Hall–Kier alpha value is -2.96. The van der Waals surface area contributed by atoms with Gasteiger partial charge in [-0.15, -0.1) is 0 Å². The van der Waals surface area contributed by atoms with Crippen molar-refractivity contribution in [3.63, 3.8) is 0 Å². The number of hydrogen-bond acceptors (Lipinski definition) is 9. The molecular formula is C22H20N4O5S3. The summed E-state index contributed by atoms with van der Waals surface area (Å²) in [6.07, 6.45) is 5.07. The molecule has 0 aromatic carbocycles. The minimum atomic E-state index is -3.19. The Labute approximate surface area is 204 Å². The molecule has 1 atom stereocenters. The third-order valence-corrected chi connectivity index (χ3v) is 8.77. The highest BCUT2D eigenvalue weighted by Crippen LogP contribution is 2.36. The van der Waals surface area contributed by atoms with E-state index in [0.29, 0.717) is 30.2 Å². The van der Waals surface area contributed by atoms with Gasteiger partial charge >= 0.3 is 0 Å². The number of rotatable bonds is 5. The molecule has 0 spiro atoms. The maximum Gasteiger partial charge on any atom is 0.267 e. The lowest BCUT2D eigenvalue weighted by Crippen LogP contribution is -2.39. The zero-order chi connectivity index (χ0) is 24.0. The molecule has 2 aliphatic rings. The van der Waals surface area contributed by atoms with E-state index >= 15 is 0 Å². The number of nitrogens with zero attached hydrogens (tertiary/aromatic N) is 3. The highest BCUT2D eigenvalue weighted by Gasteiger charge is 2.42. The Balaban J connectivity index is 1.55. The number of hydrogen-bond donors (Lipinski definition) is 1. The van der Waals surface area contributed by atoms with Crippen molar-refractivity contribution in [3.05, 3.63) is 68.9 Å². The molecule has 2 saturated heterocycles. The average Bonchev–Trinajstić information content (AvgIpc) is 3.49. The molecule has 3 aromatic heterocycles. The standard InChI is InChI=1S/C22H20N4O5S3/c1-13-4-5-18-24-19(23-10-15-3-2-7-31-15)16(20(27)25(18)11-13)9-17-21(28)26(22(32)33-17)14-6-8-34(29,30)12-14/h2-5,7,9,11,14,23H,6,8,10,12H2,1H3/b17-9+. The van der Waals surface area contributed by atoms with E-state index < -0.39 is 21.8 Å². The predicted molar refractivity (Wildman–Crippen MR) is 134 cm³/mol. The van der Waals surface area contributed by atoms with Gasteiger partial charge < -0.3 is 9.73 Å². The van der Waals surface area contributed by atoms with E-state index in [1.165, 1.54) is 15.4 Å². The highest BCUT2D eigenvalue weighted by molar-refractivity contribution is 8.26. The highest BCUT2D eigenvalue weighted by atomic mass is 32.2. The van der Waals surface area contributed by atoms with E-state index in [0.717, 1.165) is 17.3 Å². The van der Waals surface area contributed by atoms with Gasteiger partial charge in [-0.25, -0.2) is 13.4 Å². The largest absolute Gasteiger partial charge is 0.467 e. The first-order chi connectivity index (χ1) is 16.2. The van der Waals surface area contributed by atoms with Gasteiger partial charge in [0.2, 0.25) is 0 Å². The van der Waals surface area contributed by atoms with E-state index in [4.69, 9.17) is 16.6 Å². The molecule has 0 aliphatic carbocycles. The van der Waals surface area contributed by atoms with Crippen LogP contribution in [0.2, 0.25) is 0 Å². The van der Waals surface area contributed by atoms with Crippen LogP contribution in [-0.2, 0) is 21.2 Å². The summed E-state index contributed by atoms with van der Waals surface area (Å²) in [5, 5.41) is 3.13. The number of fused-ring (bicyclic) bond motifs is 1. The summed E-state index contributed by atoms with van der Waals surface area (Å²) in [4.78, 5) is 32.8. The smallest absolute Gasteiger partial charge is 0.267 e. The summed E-state index contributed by atoms with van der Waals surface area (Å²) in [7, 11) is -3.19. The number of aromatic nitrogens is 2. The van der Waals surface area contributed by atoms with Crippen LogP contribution in [0.3, 0.4) is 0 Å². The molecule has 9 nitrogen and oxygen atoms in total. The first kappa shape index (κ1) is 22.8. The Morgan fingerprint density at radius 1 is 1.32 bits per heavy atom. The summed E-state index contributed by atoms with van der Waals surface area (Å²) >= 11 is 6.45. The van der Waals surface area contributed by atoms with E-state index in [2.05, 4.69) is 10.3 Å². The molecule has 5 rings (SSSR count). The Bertz CT molecular complexity index is 1510. The summed E-state index contributed by atoms with van der Waals surface area (Å²) in [5.74, 6) is 0.485. The van der Waals surface area contributed by atoms with Crippen molar-refractivity contribution in [1.29, 1.82) is 0 Å². The van der Waals surface area contributed by atoms with Crippen molar-refractivity contribution in [2.75, 3.05) is 16.8 Å². The topological polar surface area (TPSA) is 114 Å². The van der Waals surface area contributed by atoms with Gasteiger partial charge in [0.1, 0.15) is 21.5 Å². The number of anilines is 1. The Morgan fingerprint density at radius 2 is 2.15 bits per heavy atom. The van der Waals surface area contributed by atoms with Crippen LogP contribution in [0.4, 0.5) is 5.82 Å². The number of aryl methyl sites for hydroxylation is 1. The van der Waals surface area contributed by atoms with Crippen LogP contribution in [0.1, 0.15) is 23.3 Å². The number of thioether (sulfide) groups is 1. The minimum absolute atomic E-state index is 0.0317. The van der Waals surface area contributed by atoms with Gasteiger partial charge in [-0.05, 0) is 43.2 Å². The predicted octanol–water partition coefficient (Wildman–Crippen LogP) is 2.60. The normalized spacial score (nSPS) is 21.1. The second-order valence-corrected chi connectivity index (χ2v) is 12.1. The van der Waals surface area contributed by atoms with Gasteiger partial charge in [0.05, 0.1) is 40.8 Å². The summed E-state index contributed by atoms with van der Waals surface area (Å²) in [5.41, 5.74) is 1.20. The van der Waals surface area contributed by atoms with Crippen LogP contribution >= 0.6 is 24.0 Å². The van der Waals surface area contributed by atoms with Crippen molar-refractivity contribution < 1.29 is 17.6 Å². The molecule has 1 N–H and O–H groups in total. The maximum absolute atomic E-state index is 13.4. The fourth-order valence-corrected chi connectivity index (χ4v) is 7.09. The zero-order valence-corrected chi connectivity index (χ0v) is 20.5. The van der Waals surface area contributed by atoms with Gasteiger partial charge in [-0.3, -0.25) is 18.9 Å². The second kappa shape index (κ2) is 8.67. The number of sulfone groups is 1. The quantitative estimate of drug-likeness (QED) is 0.404. The van der Waals surface area contributed by atoms with Crippen molar-refractivity contribution in [3.8, 4) is 0 Å². The first-order valence-corrected chi connectivity index (χ1v) is 13.5. The summed E-state index contributed by atoms with van der Waals surface area (Å²) in [6, 6.07) is 6.68. The van der Waals surface area contributed by atoms with E-state index in [9.17, 15) is 18.0 Å². The van der Waals surface area contributed by atoms with Gasteiger partial charge in [0, 0.05) is 6.20 Å². The van der Waals surface area contributed by atoms with Crippen LogP contribution in [0, 0.1) is 6.92 Å². The molecule has 0 radical (unpaired) electrons. The van der Waals surface area contributed by atoms with E-state index in [1.54, 1.807) is 30.7 Å². The van der Waals surface area contributed by atoms with E-state index in [-0.39, 0.29) is 31.9 Å². The summed E-state index contributed by atoms with van der Waals surface area (Å²) < 4.78 is 30.9. The lowest BCUT2D eigenvalue weighted by molar-refractivity contribution is -0.123. The number of carbonyl (C=O) groups excluding carboxylic acids is 1. The Kier molecular flexibility index (Phi) is 5.82.